The van der Waals surface area contributed by atoms with E-state index in [0.29, 0.717) is 0 Å². The monoisotopic (exact) mass is 217 g/mol. The lowest BCUT2D eigenvalue weighted by Crippen LogP contribution is -2.12. The highest BCUT2D eigenvalue weighted by atomic mass is 16.3. The van der Waals surface area contributed by atoms with Gasteiger partial charge in [0.15, 0.2) is 0 Å². The van der Waals surface area contributed by atoms with Crippen LogP contribution >= 0.6 is 0 Å². The standard InChI is InChI=1S/C14H19NO/c1-3-4-5-9-15-11(2)10-12-13(15)7-6-8-14(12)16/h10,14,16H,5-9H2,1-2H3. The summed E-state index contributed by atoms with van der Waals surface area (Å²) in [4.78, 5) is 0. The van der Waals surface area contributed by atoms with Crippen molar-refractivity contribution in [1.82, 2.24) is 4.57 Å². The third-order valence-corrected chi connectivity index (χ3v) is 3.34. The number of fused-ring (bicyclic) bond motifs is 1. The van der Waals surface area contributed by atoms with Crippen LogP contribution in [0.25, 0.3) is 0 Å². The van der Waals surface area contributed by atoms with Crippen molar-refractivity contribution in [1.29, 1.82) is 0 Å². The van der Waals surface area contributed by atoms with Gasteiger partial charge >= 0.3 is 0 Å². The molecule has 2 rings (SSSR count). The van der Waals surface area contributed by atoms with Crippen molar-refractivity contribution < 1.29 is 5.11 Å². The summed E-state index contributed by atoms with van der Waals surface area (Å²) in [5, 5.41) is 9.93. The first kappa shape index (κ1) is 11.3. The summed E-state index contributed by atoms with van der Waals surface area (Å²) < 4.78 is 2.32. The maximum absolute atomic E-state index is 9.93. The van der Waals surface area contributed by atoms with Crippen molar-refractivity contribution in [2.75, 3.05) is 0 Å². The Morgan fingerprint density at radius 3 is 3.12 bits per heavy atom. The summed E-state index contributed by atoms with van der Waals surface area (Å²) in [6.07, 6.45) is 3.75. The van der Waals surface area contributed by atoms with Gasteiger partial charge in [0.05, 0.1) is 6.10 Å². The zero-order valence-electron chi connectivity index (χ0n) is 10.1. The number of aryl methyl sites for hydroxylation is 1. The van der Waals surface area contributed by atoms with Crippen molar-refractivity contribution in [3.05, 3.63) is 23.0 Å². The van der Waals surface area contributed by atoms with Crippen LogP contribution in [0, 0.1) is 18.8 Å². The van der Waals surface area contributed by atoms with Crippen molar-refractivity contribution in [2.24, 2.45) is 0 Å². The van der Waals surface area contributed by atoms with E-state index < -0.39 is 0 Å². The molecule has 0 saturated heterocycles. The summed E-state index contributed by atoms with van der Waals surface area (Å²) in [7, 11) is 0. The van der Waals surface area contributed by atoms with Gasteiger partial charge in [-0.2, -0.15) is 0 Å². The van der Waals surface area contributed by atoms with E-state index in [0.717, 1.165) is 37.8 Å². The third kappa shape index (κ3) is 2.01. The quantitative estimate of drug-likeness (QED) is 0.757. The van der Waals surface area contributed by atoms with Crippen molar-refractivity contribution in [3.8, 4) is 11.8 Å². The largest absolute Gasteiger partial charge is 0.388 e. The van der Waals surface area contributed by atoms with Crippen molar-refractivity contribution in [2.45, 2.75) is 52.2 Å². The van der Waals surface area contributed by atoms with E-state index in [-0.39, 0.29) is 6.10 Å². The molecule has 2 heteroatoms. The maximum atomic E-state index is 9.93. The number of rotatable bonds is 2. The minimum absolute atomic E-state index is 0.249. The van der Waals surface area contributed by atoms with Crippen LogP contribution in [-0.4, -0.2) is 9.67 Å². The molecular weight excluding hydrogens is 198 g/mol. The van der Waals surface area contributed by atoms with E-state index in [1.165, 1.54) is 11.4 Å². The molecule has 1 atom stereocenters. The Kier molecular flexibility index (Phi) is 3.36. The van der Waals surface area contributed by atoms with Gasteiger partial charge in [0, 0.05) is 29.9 Å². The molecule has 0 aliphatic heterocycles. The summed E-state index contributed by atoms with van der Waals surface area (Å²) in [6, 6.07) is 2.14. The lowest BCUT2D eigenvalue weighted by atomic mass is 9.95. The summed E-state index contributed by atoms with van der Waals surface area (Å²) in [5.41, 5.74) is 3.73. The molecule has 0 aromatic carbocycles. The molecule has 1 aromatic rings. The molecule has 0 amide bonds. The van der Waals surface area contributed by atoms with E-state index in [1.54, 1.807) is 0 Å². The minimum Gasteiger partial charge on any atom is -0.388 e. The van der Waals surface area contributed by atoms with Gasteiger partial charge in [-0.25, -0.2) is 0 Å². The molecule has 1 unspecified atom stereocenters. The van der Waals surface area contributed by atoms with Crippen molar-refractivity contribution >= 4 is 0 Å². The van der Waals surface area contributed by atoms with Gasteiger partial charge in [-0.15, -0.1) is 11.8 Å². The molecule has 1 aromatic heterocycles. The fourth-order valence-electron chi connectivity index (χ4n) is 2.55. The lowest BCUT2D eigenvalue weighted by Gasteiger charge is -2.20. The molecule has 0 fully saturated rings. The van der Waals surface area contributed by atoms with Crippen LogP contribution in [0.15, 0.2) is 6.07 Å². The Morgan fingerprint density at radius 2 is 2.38 bits per heavy atom. The average molecular weight is 217 g/mol. The second-order valence-corrected chi connectivity index (χ2v) is 4.42. The first-order chi connectivity index (χ1) is 7.74. The van der Waals surface area contributed by atoms with Gasteiger partial charge < -0.3 is 9.67 Å². The van der Waals surface area contributed by atoms with Gasteiger partial charge in [0.1, 0.15) is 0 Å². The van der Waals surface area contributed by atoms with E-state index in [4.69, 9.17) is 0 Å². The Balaban J connectivity index is 2.26. The van der Waals surface area contributed by atoms with Crippen LogP contribution in [0.5, 0.6) is 0 Å². The second kappa shape index (κ2) is 4.76. The number of hydrogen-bond acceptors (Lipinski definition) is 1. The van der Waals surface area contributed by atoms with E-state index in [1.807, 2.05) is 6.92 Å². The van der Waals surface area contributed by atoms with Crippen LogP contribution < -0.4 is 0 Å². The van der Waals surface area contributed by atoms with Gasteiger partial charge in [-0.1, -0.05) is 0 Å². The number of aliphatic hydroxyl groups excluding tert-OH is 1. The zero-order valence-corrected chi connectivity index (χ0v) is 10.1. The maximum Gasteiger partial charge on any atom is 0.0807 e. The smallest absolute Gasteiger partial charge is 0.0807 e. The first-order valence-electron chi connectivity index (χ1n) is 6.00. The SMILES string of the molecule is CC#CCCn1c(C)cc2c1CCCC2O. The van der Waals surface area contributed by atoms with E-state index in [2.05, 4.69) is 29.4 Å². The predicted molar refractivity (Wildman–Crippen MR) is 65.1 cm³/mol. The highest BCUT2D eigenvalue weighted by Crippen LogP contribution is 2.32. The zero-order chi connectivity index (χ0) is 11.5. The van der Waals surface area contributed by atoms with Gasteiger partial charge in [-0.3, -0.25) is 0 Å². The summed E-state index contributed by atoms with van der Waals surface area (Å²) >= 11 is 0. The topological polar surface area (TPSA) is 25.2 Å². The molecule has 16 heavy (non-hydrogen) atoms. The van der Waals surface area contributed by atoms with Crippen LogP contribution in [0.2, 0.25) is 0 Å². The van der Waals surface area contributed by atoms with Crippen LogP contribution in [0.3, 0.4) is 0 Å². The number of aliphatic hydroxyl groups is 1. The van der Waals surface area contributed by atoms with Gasteiger partial charge in [-0.05, 0) is 39.2 Å². The summed E-state index contributed by atoms with van der Waals surface area (Å²) in [6.45, 7) is 4.95. The first-order valence-corrected chi connectivity index (χ1v) is 6.00. The van der Waals surface area contributed by atoms with Crippen LogP contribution in [0.1, 0.15) is 49.2 Å². The average Bonchev–Trinajstić information content (AvgIpc) is 2.58. The molecular formula is C14H19NO. The fraction of sp³-hybridized carbons (Fsp3) is 0.571. The Labute approximate surface area is 97.3 Å². The number of hydrogen-bond donors (Lipinski definition) is 1. The molecule has 0 saturated carbocycles. The Bertz CT molecular complexity index is 434. The molecule has 1 N–H and O–H groups in total. The molecule has 1 aliphatic rings. The van der Waals surface area contributed by atoms with Gasteiger partial charge in [0.2, 0.25) is 0 Å². The number of nitrogens with zero attached hydrogens (tertiary/aromatic N) is 1. The van der Waals surface area contributed by atoms with E-state index in [9.17, 15) is 5.11 Å². The molecule has 0 radical (unpaired) electrons. The Hall–Kier alpha value is -1.20. The normalized spacial score (nSPS) is 18.8. The molecule has 0 spiro atoms. The number of aromatic nitrogens is 1. The predicted octanol–water partition coefficient (Wildman–Crippen LogP) is 2.58. The molecule has 1 aliphatic carbocycles. The van der Waals surface area contributed by atoms with Crippen LogP contribution in [-0.2, 0) is 13.0 Å². The molecule has 0 bridgehead atoms. The Morgan fingerprint density at radius 1 is 1.56 bits per heavy atom. The second-order valence-electron chi connectivity index (χ2n) is 4.42. The van der Waals surface area contributed by atoms with Crippen molar-refractivity contribution in [3.63, 3.8) is 0 Å². The van der Waals surface area contributed by atoms with E-state index >= 15 is 0 Å². The molecule has 86 valence electrons. The highest BCUT2D eigenvalue weighted by molar-refractivity contribution is 5.31. The summed E-state index contributed by atoms with van der Waals surface area (Å²) in [5.74, 6) is 6.02. The molecule has 2 nitrogen and oxygen atoms in total. The third-order valence-electron chi connectivity index (χ3n) is 3.34. The minimum atomic E-state index is -0.249. The molecule has 1 heterocycles. The van der Waals surface area contributed by atoms with Gasteiger partial charge in [0.25, 0.3) is 0 Å². The fourth-order valence-corrected chi connectivity index (χ4v) is 2.55. The van der Waals surface area contributed by atoms with Crippen LogP contribution in [0.4, 0.5) is 0 Å². The highest BCUT2D eigenvalue weighted by Gasteiger charge is 2.22. The lowest BCUT2D eigenvalue weighted by molar-refractivity contribution is 0.155.